The van der Waals surface area contributed by atoms with Crippen LogP contribution in [0.5, 0.6) is 0 Å². The molecule has 0 unspecified atom stereocenters. The van der Waals surface area contributed by atoms with E-state index in [1.165, 1.54) is 0 Å². The van der Waals surface area contributed by atoms with Gasteiger partial charge in [0.15, 0.2) is 36.8 Å². The van der Waals surface area contributed by atoms with Gasteiger partial charge >= 0.3 is 41.8 Å². The van der Waals surface area contributed by atoms with E-state index < -0.39 is 121 Å². The van der Waals surface area contributed by atoms with E-state index in [0.29, 0.717) is 0 Å². The summed E-state index contributed by atoms with van der Waals surface area (Å²) in [5.74, 6) is -5.40. The van der Waals surface area contributed by atoms with Gasteiger partial charge in [-0.25, -0.2) is 0 Å². The summed E-state index contributed by atoms with van der Waals surface area (Å²) in [6.45, 7) is 10.3. The summed E-state index contributed by atoms with van der Waals surface area (Å²) in [6, 6.07) is 0. The molecule has 0 saturated carbocycles. The van der Waals surface area contributed by atoms with Crippen LogP contribution in [-0.4, -0.2) is 121 Å². The monoisotopic (exact) mass is 694 g/mol. The first-order valence-electron chi connectivity index (χ1n) is 14.6. The van der Waals surface area contributed by atoms with Crippen LogP contribution in [0.15, 0.2) is 0 Å². The summed E-state index contributed by atoms with van der Waals surface area (Å²) in [5.41, 5.74) is -1.34. The molecule has 0 aromatic carbocycles. The molecule has 2 aliphatic heterocycles. The Morgan fingerprint density at radius 3 is 1.43 bits per heavy atom. The SMILES string of the molecule is CC(=O)OC[C@H]1O[C@@H](S[C@H]2[C@H](OC(C)=O)[C@@H](OC(C)=O)[C@@H](OC(C)C)O[C@@H]2COC(C)=O)[C@H](OC(C)=O)[C@@H](OC(C)=O)[C@@H]1OC(C)=O. The second kappa shape index (κ2) is 18.2. The third-order valence-corrected chi connectivity index (χ3v) is 7.83. The molecule has 17 nitrogen and oxygen atoms in total. The smallest absolute Gasteiger partial charge is 0.303 e. The van der Waals surface area contributed by atoms with Gasteiger partial charge in [-0.2, -0.15) is 0 Å². The van der Waals surface area contributed by atoms with E-state index in [2.05, 4.69) is 0 Å². The predicted octanol–water partition coefficient (Wildman–Crippen LogP) is 0.748. The van der Waals surface area contributed by atoms with Crippen LogP contribution in [0.4, 0.5) is 0 Å². The van der Waals surface area contributed by atoms with E-state index in [-0.39, 0.29) is 0 Å². The quantitative estimate of drug-likeness (QED) is 0.192. The summed E-state index contributed by atoms with van der Waals surface area (Å²) < 4.78 is 56.2. The van der Waals surface area contributed by atoms with Gasteiger partial charge in [-0.05, 0) is 13.8 Å². The third-order valence-electron chi connectivity index (χ3n) is 6.29. The summed E-state index contributed by atoms with van der Waals surface area (Å²) in [5, 5.41) is -1.12. The van der Waals surface area contributed by atoms with Crippen LogP contribution >= 0.6 is 11.8 Å². The number of hydrogen-bond acceptors (Lipinski definition) is 18. The summed E-state index contributed by atoms with van der Waals surface area (Å²) in [7, 11) is 0. The Labute approximate surface area is 275 Å². The zero-order valence-electron chi connectivity index (χ0n) is 27.6. The molecule has 10 atom stereocenters. The van der Waals surface area contributed by atoms with Crippen LogP contribution in [0.3, 0.4) is 0 Å². The molecule has 2 rings (SSSR count). The lowest BCUT2D eigenvalue weighted by atomic mass is 9.99. The maximum Gasteiger partial charge on any atom is 0.303 e. The minimum Gasteiger partial charge on any atom is -0.463 e. The van der Waals surface area contributed by atoms with Gasteiger partial charge in [0.05, 0.1) is 11.4 Å². The average Bonchev–Trinajstić information content (AvgIpc) is 2.91. The minimum absolute atomic E-state index is 0.402. The van der Waals surface area contributed by atoms with Crippen LogP contribution < -0.4 is 0 Å². The first-order valence-corrected chi connectivity index (χ1v) is 15.6. The molecule has 266 valence electrons. The van der Waals surface area contributed by atoms with Gasteiger partial charge < -0.3 is 47.4 Å². The van der Waals surface area contributed by atoms with Crippen molar-refractivity contribution in [2.45, 2.75) is 128 Å². The standard InChI is InChI=1S/C29H42O17S/c1-12(2)39-28-25(43-18(8)35)24(42-17(7)34)27(21(45-28)11-38-14(4)31)47-29-26(44-19(9)36)23(41-16(6)33)22(40-15(5)32)20(46-29)10-37-13(3)30/h12,20-29H,10-11H2,1-9H3/t20-,21-,22-,23+,24-,25-,26-,27-,28+,29+/m1/s1. The Balaban J connectivity index is 2.72. The van der Waals surface area contributed by atoms with Gasteiger partial charge in [-0.1, -0.05) is 0 Å². The van der Waals surface area contributed by atoms with Crippen molar-refractivity contribution in [1.29, 1.82) is 0 Å². The third kappa shape index (κ3) is 12.6. The summed E-state index contributed by atoms with van der Waals surface area (Å²) >= 11 is 0.831. The Bertz CT molecular complexity index is 1160. The van der Waals surface area contributed by atoms with Crippen LogP contribution in [0.2, 0.25) is 0 Å². The van der Waals surface area contributed by atoms with E-state index in [1.54, 1.807) is 13.8 Å². The van der Waals surface area contributed by atoms with Crippen LogP contribution in [0.25, 0.3) is 0 Å². The number of carbonyl (C=O) groups is 7. The van der Waals surface area contributed by atoms with E-state index >= 15 is 0 Å². The summed E-state index contributed by atoms with van der Waals surface area (Å²) in [4.78, 5) is 84.9. The van der Waals surface area contributed by atoms with Crippen molar-refractivity contribution in [3.8, 4) is 0 Å². The van der Waals surface area contributed by atoms with Gasteiger partial charge in [0.25, 0.3) is 0 Å². The zero-order valence-corrected chi connectivity index (χ0v) is 28.4. The Morgan fingerprint density at radius 1 is 0.532 bits per heavy atom. The molecule has 2 fully saturated rings. The number of esters is 7. The topological polar surface area (TPSA) is 212 Å². The average molecular weight is 695 g/mol. The lowest BCUT2D eigenvalue weighted by molar-refractivity contribution is -0.285. The van der Waals surface area contributed by atoms with E-state index in [0.717, 1.165) is 60.2 Å². The van der Waals surface area contributed by atoms with Crippen molar-refractivity contribution in [2.24, 2.45) is 0 Å². The maximum absolute atomic E-state index is 12.4. The van der Waals surface area contributed by atoms with Gasteiger partial charge in [-0.3, -0.25) is 33.6 Å². The number of hydrogen-bond donors (Lipinski definition) is 0. The highest BCUT2D eigenvalue weighted by molar-refractivity contribution is 8.00. The van der Waals surface area contributed by atoms with Gasteiger partial charge in [0, 0.05) is 48.5 Å². The zero-order chi connectivity index (χ0) is 35.6. The number of carbonyl (C=O) groups excluding carboxylic acids is 7. The number of thioether (sulfide) groups is 1. The molecule has 47 heavy (non-hydrogen) atoms. The Morgan fingerprint density at radius 2 is 0.957 bits per heavy atom. The second-order valence-corrected chi connectivity index (χ2v) is 12.1. The number of rotatable bonds is 13. The highest BCUT2D eigenvalue weighted by atomic mass is 32.2. The molecule has 0 bridgehead atoms. The van der Waals surface area contributed by atoms with Crippen molar-refractivity contribution >= 4 is 53.5 Å². The molecule has 0 N–H and O–H groups in total. The fourth-order valence-corrected chi connectivity index (χ4v) is 6.42. The van der Waals surface area contributed by atoms with Crippen molar-refractivity contribution < 1.29 is 80.9 Å². The molecule has 0 aromatic heterocycles. The van der Waals surface area contributed by atoms with Gasteiger partial charge in [-0.15, -0.1) is 11.8 Å². The fourth-order valence-electron chi connectivity index (χ4n) is 4.85. The molecule has 2 saturated heterocycles. The van der Waals surface area contributed by atoms with Gasteiger partial charge in [0.2, 0.25) is 0 Å². The van der Waals surface area contributed by atoms with Crippen molar-refractivity contribution in [2.75, 3.05) is 13.2 Å². The minimum atomic E-state index is -1.49. The fraction of sp³-hybridized carbons (Fsp3) is 0.759. The molecular formula is C29H42O17S. The molecule has 2 heterocycles. The Kier molecular flexibility index (Phi) is 15.3. The first-order chi connectivity index (χ1) is 21.9. The molecule has 2 aliphatic rings. The van der Waals surface area contributed by atoms with Crippen molar-refractivity contribution in [1.82, 2.24) is 0 Å². The Hall–Kier alpha value is -3.48. The van der Waals surface area contributed by atoms with E-state index in [9.17, 15) is 33.6 Å². The molecule has 0 aliphatic carbocycles. The lowest BCUT2D eigenvalue weighted by Gasteiger charge is -2.48. The number of ether oxygens (including phenoxy) is 10. The highest BCUT2D eigenvalue weighted by Gasteiger charge is 2.57. The maximum atomic E-state index is 12.4. The van der Waals surface area contributed by atoms with Crippen molar-refractivity contribution in [3.05, 3.63) is 0 Å². The summed E-state index contributed by atoms with van der Waals surface area (Å²) in [6.07, 6.45) is -11.2. The molecule has 18 heteroatoms. The van der Waals surface area contributed by atoms with E-state index in [4.69, 9.17) is 47.4 Å². The predicted molar refractivity (Wildman–Crippen MR) is 156 cm³/mol. The largest absolute Gasteiger partial charge is 0.463 e. The van der Waals surface area contributed by atoms with Crippen LogP contribution in [0, 0.1) is 0 Å². The van der Waals surface area contributed by atoms with E-state index in [1.807, 2.05) is 0 Å². The van der Waals surface area contributed by atoms with Crippen molar-refractivity contribution in [3.63, 3.8) is 0 Å². The molecule has 0 radical (unpaired) electrons. The highest BCUT2D eigenvalue weighted by Crippen LogP contribution is 2.42. The van der Waals surface area contributed by atoms with Crippen LogP contribution in [0.1, 0.15) is 62.3 Å². The van der Waals surface area contributed by atoms with Crippen LogP contribution in [-0.2, 0) is 80.9 Å². The molecule has 0 amide bonds. The molecular weight excluding hydrogens is 652 g/mol. The molecule has 0 spiro atoms. The lowest BCUT2D eigenvalue weighted by Crippen LogP contribution is -2.64. The molecule has 0 aromatic rings. The second-order valence-electron chi connectivity index (χ2n) is 10.8. The first kappa shape index (κ1) is 39.7. The normalized spacial score (nSPS) is 30.3. The van der Waals surface area contributed by atoms with Gasteiger partial charge in [0.1, 0.15) is 30.9 Å².